The first kappa shape index (κ1) is 25.3. The lowest BCUT2D eigenvalue weighted by Gasteiger charge is -2.21. The molecule has 3 rings (SSSR count). The van der Waals surface area contributed by atoms with Gasteiger partial charge in [0.25, 0.3) is 0 Å². The van der Waals surface area contributed by atoms with Gasteiger partial charge < -0.3 is 0 Å². The summed E-state index contributed by atoms with van der Waals surface area (Å²) in [7, 11) is -1.82. The SMILES string of the molecule is Cc1ccc(CC(=O)CN(C)CC(=O)Cc2ccccc2)cc1S(=O)(=O)N1CCCCCC1. The molecule has 0 atom stereocenters. The smallest absolute Gasteiger partial charge is 0.243 e. The lowest BCUT2D eigenvalue weighted by atomic mass is 10.1. The van der Waals surface area contributed by atoms with Gasteiger partial charge >= 0.3 is 0 Å². The summed E-state index contributed by atoms with van der Waals surface area (Å²) in [4.78, 5) is 27.0. The fourth-order valence-electron chi connectivity index (χ4n) is 4.27. The van der Waals surface area contributed by atoms with Crippen molar-refractivity contribution < 1.29 is 18.0 Å². The van der Waals surface area contributed by atoms with Gasteiger partial charge in [-0.1, -0.05) is 55.3 Å². The summed E-state index contributed by atoms with van der Waals surface area (Å²) in [5.74, 6) is 0.00431. The van der Waals surface area contributed by atoms with Crippen LogP contribution in [-0.4, -0.2) is 62.4 Å². The summed E-state index contributed by atoms with van der Waals surface area (Å²) in [6.45, 7) is 3.23. The summed E-state index contributed by atoms with van der Waals surface area (Å²) in [6, 6.07) is 14.8. The average Bonchev–Trinajstić information content (AvgIpc) is 3.05. The Morgan fingerprint density at radius 3 is 2.03 bits per heavy atom. The first-order valence-electron chi connectivity index (χ1n) is 11.6. The number of Topliss-reactive ketones (excluding diaryl/α,β-unsaturated/α-hetero) is 2. The molecule has 178 valence electrons. The largest absolute Gasteiger partial charge is 0.298 e. The van der Waals surface area contributed by atoms with E-state index in [9.17, 15) is 18.0 Å². The van der Waals surface area contributed by atoms with Gasteiger partial charge in [0.2, 0.25) is 10.0 Å². The van der Waals surface area contributed by atoms with E-state index in [1.165, 1.54) is 0 Å². The molecule has 1 fully saturated rings. The fraction of sp³-hybridized carbons (Fsp3) is 0.462. The van der Waals surface area contributed by atoms with Crippen LogP contribution in [0.25, 0.3) is 0 Å². The van der Waals surface area contributed by atoms with Crippen molar-refractivity contribution in [2.24, 2.45) is 0 Å². The number of hydrogen-bond donors (Lipinski definition) is 0. The molecule has 0 spiro atoms. The molecule has 0 amide bonds. The quantitative estimate of drug-likeness (QED) is 0.532. The van der Waals surface area contributed by atoms with Crippen LogP contribution in [0.5, 0.6) is 0 Å². The maximum absolute atomic E-state index is 13.2. The normalized spacial score (nSPS) is 15.4. The molecular weight excluding hydrogens is 436 g/mol. The second-order valence-electron chi connectivity index (χ2n) is 9.01. The number of nitrogens with zero attached hydrogens (tertiary/aromatic N) is 2. The van der Waals surface area contributed by atoms with Crippen LogP contribution in [0.2, 0.25) is 0 Å². The predicted molar refractivity (Wildman–Crippen MR) is 130 cm³/mol. The van der Waals surface area contributed by atoms with Gasteiger partial charge in [0.15, 0.2) is 11.6 Å². The van der Waals surface area contributed by atoms with E-state index < -0.39 is 10.0 Å². The molecule has 0 bridgehead atoms. The van der Waals surface area contributed by atoms with Crippen molar-refractivity contribution in [3.05, 3.63) is 65.2 Å². The van der Waals surface area contributed by atoms with E-state index in [4.69, 9.17) is 0 Å². The molecule has 0 radical (unpaired) electrons. The standard InChI is InChI=1S/C26H34N2O4S/c1-21-12-13-23(18-26(21)33(31,32)28-14-8-3-4-9-15-28)17-25(30)20-27(2)19-24(29)16-22-10-6-5-7-11-22/h5-7,10-13,18H,3-4,8-9,14-17,19-20H2,1-2H3. The number of likely N-dealkylation sites (N-methyl/N-ethyl adjacent to an activating group) is 1. The molecule has 2 aromatic rings. The molecule has 0 aromatic heterocycles. The Kier molecular flexibility index (Phi) is 8.95. The Labute approximate surface area is 197 Å². The van der Waals surface area contributed by atoms with Crippen molar-refractivity contribution in [2.45, 2.75) is 50.3 Å². The highest BCUT2D eigenvalue weighted by atomic mass is 32.2. The minimum absolute atomic E-state index is 0.0491. The van der Waals surface area contributed by atoms with Crippen molar-refractivity contribution in [1.29, 1.82) is 0 Å². The molecule has 7 heteroatoms. The van der Waals surface area contributed by atoms with Crippen molar-refractivity contribution in [1.82, 2.24) is 9.21 Å². The Morgan fingerprint density at radius 2 is 1.42 bits per heavy atom. The maximum atomic E-state index is 13.2. The Morgan fingerprint density at radius 1 is 0.848 bits per heavy atom. The molecular formula is C26H34N2O4S. The summed E-state index contributed by atoms with van der Waals surface area (Å²) < 4.78 is 28.1. The highest BCUT2D eigenvalue weighted by Crippen LogP contribution is 2.24. The van der Waals surface area contributed by atoms with Crippen LogP contribution < -0.4 is 0 Å². The molecule has 6 nitrogen and oxygen atoms in total. The maximum Gasteiger partial charge on any atom is 0.243 e. The van der Waals surface area contributed by atoms with E-state index in [-0.39, 0.29) is 31.1 Å². The average molecular weight is 471 g/mol. The minimum atomic E-state index is -3.58. The first-order valence-corrected chi connectivity index (χ1v) is 13.1. The zero-order valence-electron chi connectivity index (χ0n) is 19.6. The third kappa shape index (κ3) is 7.32. The van der Waals surface area contributed by atoms with E-state index in [1.54, 1.807) is 35.3 Å². The van der Waals surface area contributed by atoms with Gasteiger partial charge in [-0.05, 0) is 49.6 Å². The van der Waals surface area contributed by atoms with Gasteiger partial charge in [-0.2, -0.15) is 4.31 Å². The number of carbonyl (C=O) groups is 2. The molecule has 0 N–H and O–H groups in total. The van der Waals surface area contributed by atoms with Crippen molar-refractivity contribution in [3.8, 4) is 0 Å². The number of aryl methyl sites for hydroxylation is 1. The minimum Gasteiger partial charge on any atom is -0.298 e. The molecule has 0 saturated carbocycles. The fourth-order valence-corrected chi connectivity index (χ4v) is 6.07. The molecule has 0 aliphatic carbocycles. The van der Waals surface area contributed by atoms with Crippen LogP contribution >= 0.6 is 0 Å². The van der Waals surface area contributed by atoms with E-state index in [1.807, 2.05) is 36.4 Å². The summed E-state index contributed by atoms with van der Waals surface area (Å²) >= 11 is 0. The van der Waals surface area contributed by atoms with Crippen molar-refractivity contribution >= 4 is 21.6 Å². The molecule has 1 heterocycles. The van der Waals surface area contributed by atoms with Crippen LogP contribution in [0.4, 0.5) is 0 Å². The van der Waals surface area contributed by atoms with Crippen LogP contribution in [0.1, 0.15) is 42.4 Å². The van der Waals surface area contributed by atoms with Crippen molar-refractivity contribution in [2.75, 3.05) is 33.2 Å². The van der Waals surface area contributed by atoms with Crippen LogP contribution in [0.3, 0.4) is 0 Å². The molecule has 33 heavy (non-hydrogen) atoms. The summed E-state index contributed by atoms with van der Waals surface area (Å²) in [5, 5.41) is 0. The van der Waals surface area contributed by atoms with E-state index in [2.05, 4.69) is 0 Å². The Bertz CT molecular complexity index is 1060. The summed E-state index contributed by atoms with van der Waals surface area (Å²) in [5.41, 5.74) is 2.34. The van der Waals surface area contributed by atoms with Crippen LogP contribution in [-0.2, 0) is 32.5 Å². The van der Waals surface area contributed by atoms with E-state index in [0.717, 1.165) is 31.2 Å². The third-order valence-electron chi connectivity index (χ3n) is 5.97. The predicted octanol–water partition coefficient (Wildman–Crippen LogP) is 3.41. The van der Waals surface area contributed by atoms with Crippen molar-refractivity contribution in [3.63, 3.8) is 0 Å². The number of benzene rings is 2. The number of rotatable bonds is 10. The Balaban J connectivity index is 1.60. The lowest BCUT2D eigenvalue weighted by molar-refractivity contribution is -0.121. The van der Waals surface area contributed by atoms with E-state index >= 15 is 0 Å². The topological polar surface area (TPSA) is 74.8 Å². The number of sulfonamides is 1. The third-order valence-corrected chi connectivity index (χ3v) is 8.01. The van der Waals surface area contributed by atoms with Gasteiger partial charge in [-0.3, -0.25) is 14.5 Å². The number of hydrogen-bond acceptors (Lipinski definition) is 5. The van der Waals surface area contributed by atoms with Gasteiger partial charge in [-0.15, -0.1) is 0 Å². The molecule has 1 aliphatic heterocycles. The number of carbonyl (C=O) groups excluding carboxylic acids is 2. The van der Waals surface area contributed by atoms with Gasteiger partial charge in [0.05, 0.1) is 18.0 Å². The second kappa shape index (κ2) is 11.7. The molecule has 0 unspecified atom stereocenters. The highest BCUT2D eigenvalue weighted by molar-refractivity contribution is 7.89. The second-order valence-corrected chi connectivity index (χ2v) is 10.9. The lowest BCUT2D eigenvalue weighted by Crippen LogP contribution is -2.33. The van der Waals surface area contributed by atoms with Gasteiger partial charge in [-0.25, -0.2) is 8.42 Å². The molecule has 1 saturated heterocycles. The summed E-state index contributed by atoms with van der Waals surface area (Å²) in [6.07, 6.45) is 4.36. The van der Waals surface area contributed by atoms with Crippen LogP contribution in [0.15, 0.2) is 53.4 Å². The van der Waals surface area contributed by atoms with Gasteiger partial charge in [0, 0.05) is 25.9 Å². The Hall–Kier alpha value is -2.35. The molecule has 1 aliphatic rings. The zero-order chi connectivity index (χ0) is 23.8. The first-order chi connectivity index (χ1) is 15.8. The van der Waals surface area contributed by atoms with E-state index in [0.29, 0.717) is 35.5 Å². The zero-order valence-corrected chi connectivity index (χ0v) is 20.4. The van der Waals surface area contributed by atoms with Gasteiger partial charge in [0.1, 0.15) is 0 Å². The van der Waals surface area contributed by atoms with Crippen LogP contribution in [0, 0.1) is 6.92 Å². The number of ketones is 2. The highest BCUT2D eigenvalue weighted by Gasteiger charge is 2.27. The molecule has 2 aromatic carbocycles. The monoisotopic (exact) mass is 470 g/mol.